The number of para-hydroxylation sites is 2. The van der Waals surface area contributed by atoms with Crippen molar-refractivity contribution in [3.8, 4) is 11.4 Å². The van der Waals surface area contributed by atoms with Crippen molar-refractivity contribution in [2.45, 2.75) is 13.5 Å². The molecule has 0 saturated carbocycles. The van der Waals surface area contributed by atoms with Crippen LogP contribution < -0.4 is 5.32 Å². The maximum Gasteiger partial charge on any atom is 0.272 e. The van der Waals surface area contributed by atoms with Gasteiger partial charge in [-0.2, -0.15) is 4.98 Å². The number of rotatable bonds is 5. The topological polar surface area (TPSA) is 73.0 Å². The van der Waals surface area contributed by atoms with Gasteiger partial charge in [0.1, 0.15) is 5.69 Å². The summed E-state index contributed by atoms with van der Waals surface area (Å²) in [5, 5.41) is 8.05. The van der Waals surface area contributed by atoms with E-state index in [0.29, 0.717) is 35.2 Å². The molecule has 0 fully saturated rings. The quantitative estimate of drug-likeness (QED) is 0.428. The van der Waals surface area contributed by atoms with Gasteiger partial charge >= 0.3 is 0 Å². The number of nitrogens with zero attached hydrogens (tertiary/aromatic N) is 3. The van der Waals surface area contributed by atoms with Gasteiger partial charge in [-0.3, -0.25) is 4.79 Å². The van der Waals surface area contributed by atoms with E-state index < -0.39 is 0 Å². The molecule has 0 aliphatic heterocycles. The van der Waals surface area contributed by atoms with Gasteiger partial charge in [0.15, 0.2) is 0 Å². The lowest BCUT2D eigenvalue weighted by molar-refractivity contribution is 0.101. The monoisotopic (exact) mass is 408 g/mol. The molecule has 152 valence electrons. The first-order valence-corrected chi connectivity index (χ1v) is 10.0. The molecular formula is C25H20N4O2. The minimum absolute atomic E-state index is 0.195. The number of carbonyl (C=O) groups excluding carboxylic acids is 1. The van der Waals surface area contributed by atoms with Crippen LogP contribution in [0.3, 0.4) is 0 Å². The normalized spacial score (nSPS) is 11.0. The van der Waals surface area contributed by atoms with Crippen LogP contribution in [0.5, 0.6) is 0 Å². The largest absolute Gasteiger partial charge is 0.339 e. The number of nitrogens with one attached hydrogen (secondary N) is 1. The molecule has 0 spiro atoms. The van der Waals surface area contributed by atoms with Crippen molar-refractivity contribution in [2.75, 3.05) is 5.32 Å². The van der Waals surface area contributed by atoms with Crippen LogP contribution in [0.1, 0.15) is 21.9 Å². The highest BCUT2D eigenvalue weighted by atomic mass is 16.5. The molecule has 5 aromatic rings. The second-order valence-corrected chi connectivity index (χ2v) is 7.30. The first-order valence-electron chi connectivity index (χ1n) is 10.0. The van der Waals surface area contributed by atoms with E-state index in [1.54, 1.807) is 6.92 Å². The van der Waals surface area contributed by atoms with E-state index >= 15 is 0 Å². The van der Waals surface area contributed by atoms with E-state index in [2.05, 4.69) is 27.6 Å². The molecule has 6 nitrogen and oxygen atoms in total. The number of aromatic nitrogens is 3. The highest BCUT2D eigenvalue weighted by Gasteiger charge is 2.18. The van der Waals surface area contributed by atoms with Gasteiger partial charge < -0.3 is 14.4 Å². The molecule has 0 aliphatic rings. The van der Waals surface area contributed by atoms with Crippen molar-refractivity contribution >= 4 is 22.5 Å². The molecule has 2 heterocycles. The van der Waals surface area contributed by atoms with E-state index in [9.17, 15) is 4.79 Å². The second-order valence-electron chi connectivity index (χ2n) is 7.30. The van der Waals surface area contributed by atoms with Gasteiger partial charge in [-0.15, -0.1) is 0 Å². The average Bonchev–Trinajstić information content (AvgIpc) is 3.39. The fourth-order valence-electron chi connectivity index (χ4n) is 3.72. The van der Waals surface area contributed by atoms with Crippen molar-refractivity contribution in [3.05, 3.63) is 102 Å². The lowest BCUT2D eigenvalue weighted by atomic mass is 10.1. The van der Waals surface area contributed by atoms with Gasteiger partial charge in [-0.05, 0) is 29.8 Å². The maximum atomic E-state index is 13.4. The molecule has 0 unspecified atom stereocenters. The minimum Gasteiger partial charge on any atom is -0.339 e. The highest BCUT2D eigenvalue weighted by Crippen LogP contribution is 2.27. The fourth-order valence-corrected chi connectivity index (χ4v) is 3.72. The maximum absolute atomic E-state index is 13.4. The Labute approximate surface area is 179 Å². The third-order valence-electron chi connectivity index (χ3n) is 5.17. The first kappa shape index (κ1) is 18.8. The summed E-state index contributed by atoms with van der Waals surface area (Å²) in [6.45, 7) is 2.34. The molecule has 0 radical (unpaired) electrons. The predicted octanol–water partition coefficient (Wildman–Crippen LogP) is 5.30. The SMILES string of the molecule is Cc1nc(-c2ccccc2NC(=O)c2cc3ccccc3n2Cc2ccccc2)no1. The molecular weight excluding hydrogens is 388 g/mol. The molecule has 31 heavy (non-hydrogen) atoms. The molecule has 5 rings (SSSR count). The van der Waals surface area contributed by atoms with Crippen LogP contribution in [-0.2, 0) is 6.54 Å². The predicted molar refractivity (Wildman–Crippen MR) is 120 cm³/mol. The molecule has 1 N–H and O–H groups in total. The number of fused-ring (bicyclic) bond motifs is 1. The molecule has 1 amide bonds. The van der Waals surface area contributed by atoms with Crippen molar-refractivity contribution in [1.29, 1.82) is 0 Å². The number of anilines is 1. The third kappa shape index (κ3) is 3.71. The zero-order valence-electron chi connectivity index (χ0n) is 16.9. The standard InChI is InChI=1S/C25H20N4O2/c1-17-26-24(28-31-17)20-12-6-7-13-21(20)27-25(30)23-15-19-11-5-8-14-22(19)29(23)16-18-9-3-2-4-10-18/h2-15H,16H2,1H3,(H,27,30). The molecule has 2 aromatic heterocycles. The van der Waals surface area contributed by atoms with Crippen LogP contribution in [0.15, 0.2) is 89.5 Å². The van der Waals surface area contributed by atoms with Crippen LogP contribution in [0.25, 0.3) is 22.3 Å². The number of hydrogen-bond acceptors (Lipinski definition) is 4. The van der Waals surface area contributed by atoms with E-state index in [4.69, 9.17) is 4.52 Å². The Morgan fingerprint density at radius 3 is 2.52 bits per heavy atom. The van der Waals surface area contributed by atoms with E-state index in [1.807, 2.05) is 77.4 Å². The highest BCUT2D eigenvalue weighted by molar-refractivity contribution is 6.07. The van der Waals surface area contributed by atoms with Crippen LogP contribution >= 0.6 is 0 Å². The minimum atomic E-state index is -0.195. The number of amides is 1. The summed E-state index contributed by atoms with van der Waals surface area (Å²) in [7, 11) is 0. The average molecular weight is 408 g/mol. The Morgan fingerprint density at radius 1 is 0.968 bits per heavy atom. The van der Waals surface area contributed by atoms with Gasteiger partial charge in [-0.25, -0.2) is 0 Å². The lowest BCUT2D eigenvalue weighted by Crippen LogP contribution is -2.18. The van der Waals surface area contributed by atoms with E-state index in [1.165, 1.54) is 0 Å². The Morgan fingerprint density at radius 2 is 1.71 bits per heavy atom. The number of carbonyl (C=O) groups is 1. The summed E-state index contributed by atoms with van der Waals surface area (Å²) < 4.78 is 7.15. The molecule has 0 bridgehead atoms. The van der Waals surface area contributed by atoms with Gasteiger partial charge in [-0.1, -0.05) is 65.8 Å². The fraction of sp³-hybridized carbons (Fsp3) is 0.0800. The smallest absolute Gasteiger partial charge is 0.272 e. The number of aryl methyl sites for hydroxylation is 1. The summed E-state index contributed by atoms with van der Waals surface area (Å²) in [4.78, 5) is 17.7. The number of benzene rings is 3. The molecule has 0 saturated heterocycles. The summed E-state index contributed by atoms with van der Waals surface area (Å²) in [6, 6.07) is 27.5. The van der Waals surface area contributed by atoms with Crippen LogP contribution in [0.2, 0.25) is 0 Å². The summed E-state index contributed by atoms with van der Waals surface area (Å²) >= 11 is 0. The van der Waals surface area contributed by atoms with Crippen molar-refractivity contribution < 1.29 is 9.32 Å². The zero-order chi connectivity index (χ0) is 21.2. The second kappa shape index (κ2) is 7.91. The summed E-state index contributed by atoms with van der Waals surface area (Å²) in [5.74, 6) is 0.720. The van der Waals surface area contributed by atoms with Crippen LogP contribution in [0.4, 0.5) is 5.69 Å². The molecule has 0 atom stereocenters. The van der Waals surface area contributed by atoms with Crippen LogP contribution in [0, 0.1) is 6.92 Å². The van der Waals surface area contributed by atoms with Crippen molar-refractivity contribution in [3.63, 3.8) is 0 Å². The lowest BCUT2D eigenvalue weighted by Gasteiger charge is -2.13. The Bertz CT molecular complexity index is 1370. The molecule has 6 heteroatoms. The zero-order valence-corrected chi connectivity index (χ0v) is 16.9. The van der Waals surface area contributed by atoms with Gasteiger partial charge in [0.05, 0.1) is 5.69 Å². The van der Waals surface area contributed by atoms with Crippen molar-refractivity contribution in [1.82, 2.24) is 14.7 Å². The Balaban J connectivity index is 1.53. The molecule has 0 aliphatic carbocycles. The first-order chi connectivity index (χ1) is 15.2. The van der Waals surface area contributed by atoms with Gasteiger partial charge in [0.2, 0.25) is 11.7 Å². The van der Waals surface area contributed by atoms with E-state index in [-0.39, 0.29) is 5.91 Å². The summed E-state index contributed by atoms with van der Waals surface area (Å²) in [5.41, 5.74) is 4.06. The van der Waals surface area contributed by atoms with Crippen LogP contribution in [-0.4, -0.2) is 20.6 Å². The van der Waals surface area contributed by atoms with Gasteiger partial charge in [0.25, 0.3) is 5.91 Å². The van der Waals surface area contributed by atoms with Gasteiger partial charge in [0, 0.05) is 29.9 Å². The third-order valence-corrected chi connectivity index (χ3v) is 5.17. The number of hydrogen-bond donors (Lipinski definition) is 1. The van der Waals surface area contributed by atoms with Crippen molar-refractivity contribution in [2.24, 2.45) is 0 Å². The Hall–Kier alpha value is -4.19. The summed E-state index contributed by atoms with van der Waals surface area (Å²) in [6.07, 6.45) is 0. The Kier molecular flexibility index (Phi) is 4.80. The molecule has 3 aromatic carbocycles. The van der Waals surface area contributed by atoms with E-state index in [0.717, 1.165) is 16.5 Å².